The molecular formula is C23H30FN3O4. The van der Waals surface area contributed by atoms with Crippen LogP contribution in [0.2, 0.25) is 0 Å². The third-order valence-electron chi connectivity index (χ3n) is 7.30. The molecule has 1 unspecified atom stereocenters. The summed E-state index contributed by atoms with van der Waals surface area (Å²) in [6, 6.07) is 1.29. The van der Waals surface area contributed by atoms with Crippen molar-refractivity contribution in [2.24, 2.45) is 11.1 Å². The molecule has 0 bridgehead atoms. The first-order chi connectivity index (χ1) is 14.8. The van der Waals surface area contributed by atoms with Gasteiger partial charge in [0.1, 0.15) is 11.3 Å². The average molecular weight is 432 g/mol. The Kier molecular flexibility index (Phi) is 5.45. The van der Waals surface area contributed by atoms with E-state index >= 15 is 4.39 Å². The van der Waals surface area contributed by atoms with Crippen LogP contribution in [0.15, 0.2) is 17.1 Å². The van der Waals surface area contributed by atoms with Crippen molar-refractivity contribution < 1.29 is 19.0 Å². The number of hydrogen-bond donors (Lipinski definition) is 2. The lowest BCUT2D eigenvalue weighted by Gasteiger charge is -2.47. The number of fused-ring (bicyclic) bond motifs is 1. The first-order valence-electron chi connectivity index (χ1n) is 11.0. The molecule has 4 rings (SSSR count). The van der Waals surface area contributed by atoms with Gasteiger partial charge in [-0.2, -0.15) is 0 Å². The van der Waals surface area contributed by atoms with E-state index in [0.29, 0.717) is 24.3 Å². The van der Waals surface area contributed by atoms with E-state index in [1.165, 1.54) is 19.4 Å². The smallest absolute Gasteiger partial charge is 0.341 e. The van der Waals surface area contributed by atoms with E-state index in [1.807, 2.05) is 4.90 Å². The van der Waals surface area contributed by atoms with E-state index in [9.17, 15) is 14.7 Å². The zero-order valence-electron chi connectivity index (χ0n) is 18.3. The zero-order valence-corrected chi connectivity index (χ0v) is 18.3. The number of carboxylic acid groups (broad SMARTS) is 1. The number of hydrogen-bond acceptors (Lipinski definition) is 5. The monoisotopic (exact) mass is 431 g/mol. The van der Waals surface area contributed by atoms with E-state index in [1.54, 1.807) is 4.57 Å². The molecule has 2 heterocycles. The van der Waals surface area contributed by atoms with Gasteiger partial charge in [-0.15, -0.1) is 0 Å². The molecule has 168 valence electrons. The first kappa shape index (κ1) is 21.6. The minimum atomic E-state index is -1.31. The predicted molar refractivity (Wildman–Crippen MR) is 118 cm³/mol. The van der Waals surface area contributed by atoms with Gasteiger partial charge in [-0.1, -0.05) is 13.8 Å². The van der Waals surface area contributed by atoms with E-state index in [-0.39, 0.29) is 34.2 Å². The molecule has 1 aromatic carbocycles. The van der Waals surface area contributed by atoms with Crippen LogP contribution < -0.4 is 20.8 Å². The number of halogens is 1. The van der Waals surface area contributed by atoms with Crippen LogP contribution in [0.1, 0.15) is 62.4 Å². The van der Waals surface area contributed by atoms with Crippen molar-refractivity contribution in [3.63, 3.8) is 0 Å². The number of aromatic carboxylic acids is 1. The summed E-state index contributed by atoms with van der Waals surface area (Å²) in [7, 11) is 1.47. The third kappa shape index (κ3) is 3.37. The Balaban J connectivity index is 1.97. The summed E-state index contributed by atoms with van der Waals surface area (Å²) in [6.07, 6.45) is 5.63. The number of nitrogens with zero attached hydrogens (tertiary/aromatic N) is 2. The molecule has 1 saturated heterocycles. The lowest BCUT2D eigenvalue weighted by Crippen LogP contribution is -2.55. The van der Waals surface area contributed by atoms with Gasteiger partial charge >= 0.3 is 5.97 Å². The molecule has 1 aliphatic heterocycles. The molecular weight excluding hydrogens is 401 g/mol. The Bertz CT molecular complexity index is 1090. The van der Waals surface area contributed by atoms with Gasteiger partial charge in [-0.3, -0.25) is 4.79 Å². The number of anilines is 1. The van der Waals surface area contributed by atoms with Gasteiger partial charge in [-0.05, 0) is 38.2 Å². The van der Waals surface area contributed by atoms with Crippen LogP contribution >= 0.6 is 0 Å². The highest BCUT2D eigenvalue weighted by Crippen LogP contribution is 2.46. The fraction of sp³-hybridized carbons (Fsp3) is 0.565. The van der Waals surface area contributed by atoms with Crippen molar-refractivity contribution in [3.8, 4) is 5.75 Å². The largest absolute Gasteiger partial charge is 0.492 e. The van der Waals surface area contributed by atoms with Crippen LogP contribution in [0.3, 0.4) is 0 Å². The number of carbonyl (C=O) groups is 1. The molecule has 1 atom stereocenters. The summed E-state index contributed by atoms with van der Waals surface area (Å²) in [5.74, 6) is -1.61. The van der Waals surface area contributed by atoms with Crippen molar-refractivity contribution in [2.75, 3.05) is 25.1 Å². The van der Waals surface area contributed by atoms with Crippen LogP contribution in [0.4, 0.5) is 10.1 Å². The highest BCUT2D eigenvalue weighted by atomic mass is 19.1. The molecule has 3 N–H and O–H groups in total. The Labute approximate surface area is 180 Å². The number of aromatic nitrogens is 1. The third-order valence-corrected chi connectivity index (χ3v) is 7.30. The normalized spacial score (nSPS) is 20.8. The molecule has 0 radical (unpaired) electrons. The molecule has 2 fully saturated rings. The fourth-order valence-electron chi connectivity index (χ4n) is 5.09. The van der Waals surface area contributed by atoms with Crippen molar-refractivity contribution >= 4 is 22.6 Å². The average Bonchev–Trinajstić information content (AvgIpc) is 3.59. The first-order valence-corrected chi connectivity index (χ1v) is 11.0. The quantitative estimate of drug-likeness (QED) is 0.726. The molecule has 1 aliphatic carbocycles. The van der Waals surface area contributed by atoms with Gasteiger partial charge in [0, 0.05) is 36.8 Å². The number of pyridine rings is 1. The van der Waals surface area contributed by atoms with Gasteiger partial charge in [-0.25, -0.2) is 9.18 Å². The maximum atomic E-state index is 15.5. The molecule has 1 aromatic heterocycles. The minimum absolute atomic E-state index is 0.0378. The Hall–Kier alpha value is -2.61. The molecule has 1 saturated carbocycles. The number of nitrogens with two attached hydrogens (primary N) is 1. The van der Waals surface area contributed by atoms with Crippen molar-refractivity contribution in [1.29, 1.82) is 0 Å². The van der Waals surface area contributed by atoms with Crippen LogP contribution in [0.5, 0.6) is 5.75 Å². The number of methoxy groups -OCH3 is 1. The maximum Gasteiger partial charge on any atom is 0.341 e. The van der Waals surface area contributed by atoms with Gasteiger partial charge in [0.05, 0.1) is 18.0 Å². The van der Waals surface area contributed by atoms with E-state index < -0.39 is 17.2 Å². The van der Waals surface area contributed by atoms with Gasteiger partial charge in [0.15, 0.2) is 11.6 Å². The summed E-state index contributed by atoms with van der Waals surface area (Å²) in [5, 5.41) is 9.52. The SMILES string of the molecule is CCC1(CC)CN(c2c(F)cc3c(=O)c(C(=O)O)cn(C4CC4)c3c2OC)CCC1N. The topological polar surface area (TPSA) is 97.8 Å². The van der Waals surface area contributed by atoms with Crippen LogP contribution in [0, 0.1) is 11.2 Å². The number of piperidine rings is 1. The molecule has 8 heteroatoms. The summed E-state index contributed by atoms with van der Waals surface area (Å²) < 4.78 is 23.0. The second kappa shape index (κ2) is 7.82. The van der Waals surface area contributed by atoms with Gasteiger partial charge in [0.25, 0.3) is 0 Å². The molecule has 31 heavy (non-hydrogen) atoms. The van der Waals surface area contributed by atoms with Crippen LogP contribution in [0.25, 0.3) is 10.9 Å². The molecule has 2 aromatic rings. The van der Waals surface area contributed by atoms with Crippen molar-refractivity contribution in [3.05, 3.63) is 33.9 Å². The van der Waals surface area contributed by atoms with Crippen molar-refractivity contribution in [1.82, 2.24) is 4.57 Å². The van der Waals surface area contributed by atoms with E-state index in [4.69, 9.17) is 10.5 Å². The van der Waals surface area contributed by atoms with Crippen LogP contribution in [-0.4, -0.2) is 41.9 Å². The molecule has 0 spiro atoms. The predicted octanol–water partition coefficient (Wildman–Crippen LogP) is 3.53. The minimum Gasteiger partial charge on any atom is -0.492 e. The number of carboxylic acids is 1. The Morgan fingerprint density at radius 2 is 2.00 bits per heavy atom. The highest BCUT2D eigenvalue weighted by molar-refractivity contribution is 5.97. The second-order valence-corrected chi connectivity index (χ2v) is 8.84. The second-order valence-electron chi connectivity index (χ2n) is 8.84. The van der Waals surface area contributed by atoms with E-state index in [2.05, 4.69) is 13.8 Å². The maximum absolute atomic E-state index is 15.5. The van der Waals surface area contributed by atoms with E-state index in [0.717, 1.165) is 32.1 Å². The number of rotatable bonds is 6. The lowest BCUT2D eigenvalue weighted by atomic mass is 9.72. The summed E-state index contributed by atoms with van der Waals surface area (Å²) in [4.78, 5) is 26.5. The number of ether oxygens (including phenoxy) is 1. The fourth-order valence-corrected chi connectivity index (χ4v) is 5.09. The number of benzene rings is 1. The van der Waals surface area contributed by atoms with Gasteiger partial charge < -0.3 is 25.0 Å². The zero-order chi connectivity index (χ0) is 22.5. The Morgan fingerprint density at radius 3 is 2.55 bits per heavy atom. The van der Waals surface area contributed by atoms with Crippen LogP contribution in [-0.2, 0) is 0 Å². The lowest BCUT2D eigenvalue weighted by molar-refractivity contribution is 0.0695. The Morgan fingerprint density at radius 1 is 1.32 bits per heavy atom. The summed E-state index contributed by atoms with van der Waals surface area (Å²) in [5.41, 5.74) is 6.07. The molecule has 2 aliphatic rings. The molecule has 0 amide bonds. The summed E-state index contributed by atoms with van der Waals surface area (Å²) in [6.45, 7) is 5.40. The van der Waals surface area contributed by atoms with Crippen molar-refractivity contribution in [2.45, 2.75) is 58.0 Å². The highest BCUT2D eigenvalue weighted by Gasteiger charge is 2.41. The molecule has 7 nitrogen and oxygen atoms in total. The standard InChI is InChI=1S/C23H30FN3O4/c1-4-23(5-2)12-26(9-8-17(23)25)19-16(24)10-14-18(21(19)31-3)27(13-6-7-13)11-15(20(14)28)22(29)30/h10-11,13,17H,4-9,12,25H2,1-3H3,(H,29,30). The summed E-state index contributed by atoms with van der Waals surface area (Å²) >= 11 is 0. The van der Waals surface area contributed by atoms with Gasteiger partial charge in [0.2, 0.25) is 5.43 Å².